The summed E-state index contributed by atoms with van der Waals surface area (Å²) in [5.74, 6) is -0.383. The third-order valence-electron chi connectivity index (χ3n) is 3.39. The number of benzene rings is 1. The lowest BCUT2D eigenvalue weighted by molar-refractivity contribution is 0.103. The molecule has 0 amide bonds. The average Bonchev–Trinajstić information content (AvgIpc) is 2.73. The SMILES string of the molecule is O=C(c1cccnc1)c1cc(F)c2c(c1)CCCCO2. The van der Waals surface area contributed by atoms with Crippen molar-refractivity contribution in [2.24, 2.45) is 0 Å². The maximum Gasteiger partial charge on any atom is 0.194 e. The van der Waals surface area contributed by atoms with Crippen LogP contribution in [-0.4, -0.2) is 17.4 Å². The second-order valence-electron chi connectivity index (χ2n) is 4.82. The number of nitrogens with zero attached hydrogens (tertiary/aromatic N) is 1. The summed E-state index contributed by atoms with van der Waals surface area (Å²) in [6, 6.07) is 6.35. The molecule has 4 heteroatoms. The van der Waals surface area contributed by atoms with Crippen molar-refractivity contribution in [3.05, 3.63) is 59.2 Å². The standard InChI is InChI=1S/C16H14FNO2/c17-14-9-13(15(19)12-5-3-6-18-10-12)8-11-4-1-2-7-20-16(11)14/h3,5-6,8-10H,1-2,4,7H2. The van der Waals surface area contributed by atoms with Crippen LogP contribution in [-0.2, 0) is 6.42 Å². The van der Waals surface area contributed by atoms with Gasteiger partial charge in [-0.3, -0.25) is 9.78 Å². The summed E-state index contributed by atoms with van der Waals surface area (Å²) in [6.45, 7) is 0.528. The molecule has 2 aromatic rings. The first kappa shape index (κ1) is 12.8. The van der Waals surface area contributed by atoms with Gasteiger partial charge in [0.15, 0.2) is 17.3 Å². The first-order valence-corrected chi connectivity index (χ1v) is 6.65. The van der Waals surface area contributed by atoms with E-state index in [1.54, 1.807) is 24.4 Å². The lowest BCUT2D eigenvalue weighted by Crippen LogP contribution is -2.05. The molecule has 0 aliphatic carbocycles. The number of carbonyl (C=O) groups is 1. The Labute approximate surface area is 116 Å². The van der Waals surface area contributed by atoms with E-state index in [0.29, 0.717) is 23.5 Å². The van der Waals surface area contributed by atoms with E-state index in [0.717, 1.165) is 24.8 Å². The number of fused-ring (bicyclic) bond motifs is 1. The summed E-state index contributed by atoms with van der Waals surface area (Å²) in [5.41, 5.74) is 1.58. The van der Waals surface area contributed by atoms with E-state index in [1.807, 2.05) is 0 Å². The molecule has 0 radical (unpaired) electrons. The molecule has 20 heavy (non-hydrogen) atoms. The molecule has 1 aromatic carbocycles. The summed E-state index contributed by atoms with van der Waals surface area (Å²) in [5, 5.41) is 0. The number of halogens is 1. The Bertz CT molecular complexity index is 640. The number of aryl methyl sites for hydroxylation is 1. The smallest absolute Gasteiger partial charge is 0.194 e. The minimum Gasteiger partial charge on any atom is -0.490 e. The fourth-order valence-electron chi connectivity index (χ4n) is 2.38. The van der Waals surface area contributed by atoms with Crippen molar-refractivity contribution < 1.29 is 13.9 Å². The lowest BCUT2D eigenvalue weighted by Gasteiger charge is -2.10. The van der Waals surface area contributed by atoms with Gasteiger partial charge in [0.25, 0.3) is 0 Å². The summed E-state index contributed by atoms with van der Waals surface area (Å²) < 4.78 is 19.5. The van der Waals surface area contributed by atoms with Crippen LogP contribution < -0.4 is 4.74 Å². The Balaban J connectivity index is 2.01. The highest BCUT2D eigenvalue weighted by Gasteiger charge is 2.18. The van der Waals surface area contributed by atoms with Crippen LogP contribution in [0, 0.1) is 5.82 Å². The molecule has 3 nitrogen and oxygen atoms in total. The zero-order chi connectivity index (χ0) is 13.9. The highest BCUT2D eigenvalue weighted by Crippen LogP contribution is 2.29. The van der Waals surface area contributed by atoms with Crippen LogP contribution in [0.2, 0.25) is 0 Å². The molecule has 0 saturated heterocycles. The van der Waals surface area contributed by atoms with Gasteiger partial charge in [0.05, 0.1) is 6.61 Å². The maximum atomic E-state index is 14.1. The first-order valence-electron chi connectivity index (χ1n) is 6.65. The molecule has 0 unspecified atom stereocenters. The highest BCUT2D eigenvalue weighted by molar-refractivity contribution is 6.09. The summed E-state index contributed by atoms with van der Waals surface area (Å²) >= 11 is 0. The van der Waals surface area contributed by atoms with E-state index < -0.39 is 5.82 Å². The second-order valence-corrected chi connectivity index (χ2v) is 4.82. The van der Waals surface area contributed by atoms with Gasteiger partial charge in [-0.2, -0.15) is 0 Å². The minimum atomic E-state index is -0.461. The fraction of sp³-hybridized carbons (Fsp3) is 0.250. The maximum absolute atomic E-state index is 14.1. The zero-order valence-electron chi connectivity index (χ0n) is 10.9. The molecule has 0 bridgehead atoms. The van der Waals surface area contributed by atoms with Crippen LogP contribution in [0.3, 0.4) is 0 Å². The first-order chi connectivity index (χ1) is 9.75. The third-order valence-corrected chi connectivity index (χ3v) is 3.39. The van der Waals surface area contributed by atoms with E-state index in [-0.39, 0.29) is 5.78 Å². The van der Waals surface area contributed by atoms with Crippen LogP contribution in [0.15, 0.2) is 36.7 Å². The van der Waals surface area contributed by atoms with Gasteiger partial charge >= 0.3 is 0 Å². The van der Waals surface area contributed by atoms with Crippen molar-refractivity contribution in [2.45, 2.75) is 19.3 Å². The number of hydrogen-bond donors (Lipinski definition) is 0. The van der Waals surface area contributed by atoms with E-state index >= 15 is 0 Å². The third kappa shape index (κ3) is 2.41. The predicted molar refractivity (Wildman–Crippen MR) is 72.5 cm³/mol. The van der Waals surface area contributed by atoms with Crippen LogP contribution in [0.4, 0.5) is 4.39 Å². The zero-order valence-corrected chi connectivity index (χ0v) is 10.9. The predicted octanol–water partition coefficient (Wildman–Crippen LogP) is 3.17. The Morgan fingerprint density at radius 1 is 1.25 bits per heavy atom. The molecule has 1 aliphatic rings. The normalized spacial score (nSPS) is 14.1. The van der Waals surface area contributed by atoms with Gasteiger partial charge in [-0.05, 0) is 49.1 Å². The molecule has 102 valence electrons. The Morgan fingerprint density at radius 3 is 2.95 bits per heavy atom. The van der Waals surface area contributed by atoms with Crippen LogP contribution >= 0.6 is 0 Å². The minimum absolute atomic E-state index is 0.218. The molecule has 0 spiro atoms. The number of ketones is 1. The van der Waals surface area contributed by atoms with E-state index in [4.69, 9.17) is 4.74 Å². The van der Waals surface area contributed by atoms with Crippen molar-refractivity contribution in [2.75, 3.05) is 6.61 Å². The van der Waals surface area contributed by atoms with E-state index in [1.165, 1.54) is 12.3 Å². The molecule has 2 heterocycles. The van der Waals surface area contributed by atoms with Crippen molar-refractivity contribution >= 4 is 5.78 Å². The Morgan fingerprint density at radius 2 is 2.15 bits per heavy atom. The molecular weight excluding hydrogens is 257 g/mol. The van der Waals surface area contributed by atoms with E-state index in [2.05, 4.69) is 4.98 Å². The van der Waals surface area contributed by atoms with Crippen molar-refractivity contribution in [1.82, 2.24) is 4.98 Å². The average molecular weight is 271 g/mol. The molecule has 3 rings (SSSR count). The topological polar surface area (TPSA) is 39.2 Å². The Hall–Kier alpha value is -2.23. The number of pyridine rings is 1. The molecule has 0 fully saturated rings. The van der Waals surface area contributed by atoms with Crippen molar-refractivity contribution in [3.8, 4) is 5.75 Å². The van der Waals surface area contributed by atoms with E-state index in [9.17, 15) is 9.18 Å². The van der Waals surface area contributed by atoms with Crippen molar-refractivity contribution in [1.29, 1.82) is 0 Å². The van der Waals surface area contributed by atoms with Gasteiger partial charge in [-0.15, -0.1) is 0 Å². The number of rotatable bonds is 2. The Kier molecular flexibility index (Phi) is 3.46. The summed E-state index contributed by atoms with van der Waals surface area (Å²) in [7, 11) is 0. The molecule has 0 atom stereocenters. The van der Waals surface area contributed by atoms with Gasteiger partial charge in [-0.1, -0.05) is 0 Å². The monoisotopic (exact) mass is 271 g/mol. The number of ether oxygens (including phenoxy) is 1. The van der Waals surface area contributed by atoms with Gasteiger partial charge in [-0.25, -0.2) is 4.39 Å². The molecule has 0 N–H and O–H groups in total. The number of hydrogen-bond acceptors (Lipinski definition) is 3. The summed E-state index contributed by atoms with van der Waals surface area (Å²) in [4.78, 5) is 16.2. The van der Waals surface area contributed by atoms with Gasteiger partial charge in [0.1, 0.15) is 0 Å². The molecular formula is C16H14FNO2. The molecule has 1 aromatic heterocycles. The largest absolute Gasteiger partial charge is 0.490 e. The number of carbonyl (C=O) groups excluding carboxylic acids is 1. The highest BCUT2D eigenvalue weighted by atomic mass is 19.1. The van der Waals surface area contributed by atoms with Gasteiger partial charge in [0.2, 0.25) is 0 Å². The second kappa shape index (κ2) is 5.41. The summed E-state index contributed by atoms with van der Waals surface area (Å²) in [6.07, 6.45) is 5.67. The molecule has 0 saturated carbocycles. The lowest BCUT2D eigenvalue weighted by atomic mass is 9.99. The van der Waals surface area contributed by atoms with Gasteiger partial charge in [0, 0.05) is 23.5 Å². The fourth-order valence-corrected chi connectivity index (χ4v) is 2.38. The number of aromatic nitrogens is 1. The van der Waals surface area contributed by atoms with Crippen LogP contribution in [0.1, 0.15) is 34.3 Å². The quantitative estimate of drug-likeness (QED) is 0.787. The molecule has 1 aliphatic heterocycles. The van der Waals surface area contributed by atoms with Crippen LogP contribution in [0.25, 0.3) is 0 Å². The van der Waals surface area contributed by atoms with Gasteiger partial charge < -0.3 is 4.74 Å². The van der Waals surface area contributed by atoms with Crippen LogP contribution in [0.5, 0.6) is 5.75 Å². The van der Waals surface area contributed by atoms with Crippen molar-refractivity contribution in [3.63, 3.8) is 0 Å².